The predicted octanol–water partition coefficient (Wildman–Crippen LogP) is 2.76. The molecule has 6 heteroatoms. The van der Waals surface area contributed by atoms with Crippen LogP contribution in [-0.4, -0.2) is 23.8 Å². The molecular formula is C17H24N4O2. The molecule has 124 valence electrons. The first-order valence-corrected chi connectivity index (χ1v) is 7.52. The Morgan fingerprint density at radius 2 is 1.91 bits per heavy atom. The number of hydroxylamine groups is 1. The summed E-state index contributed by atoms with van der Waals surface area (Å²) in [6.07, 6.45) is 3.03. The number of rotatable bonds is 6. The van der Waals surface area contributed by atoms with Crippen molar-refractivity contribution in [3.05, 3.63) is 47.7 Å². The quantitative estimate of drug-likeness (QED) is 0.248. The van der Waals surface area contributed by atoms with Crippen LogP contribution in [0.2, 0.25) is 0 Å². The number of carbonyl (C=O) groups excluding carboxylic acids is 1. The highest BCUT2D eigenvalue weighted by Crippen LogP contribution is 2.33. The number of guanidine groups is 1. The van der Waals surface area contributed by atoms with E-state index in [4.69, 9.17) is 10.2 Å². The van der Waals surface area contributed by atoms with E-state index in [1.54, 1.807) is 12.4 Å². The third-order valence-corrected chi connectivity index (χ3v) is 3.83. The van der Waals surface area contributed by atoms with E-state index >= 15 is 0 Å². The maximum absolute atomic E-state index is 11.3. The Bertz CT molecular complexity index is 590. The summed E-state index contributed by atoms with van der Waals surface area (Å²) in [5.41, 5.74) is 2.55. The van der Waals surface area contributed by atoms with E-state index in [-0.39, 0.29) is 0 Å². The molecule has 3 N–H and O–H groups in total. The maximum atomic E-state index is 11.3. The van der Waals surface area contributed by atoms with Gasteiger partial charge in [-0.05, 0) is 32.0 Å². The van der Waals surface area contributed by atoms with Crippen molar-refractivity contribution in [3.8, 4) is 0 Å². The molecule has 1 amide bonds. The summed E-state index contributed by atoms with van der Waals surface area (Å²) in [4.78, 5) is 19.9. The molecule has 0 saturated heterocycles. The number of hydrogen-bond donors (Lipinski definition) is 3. The van der Waals surface area contributed by atoms with Gasteiger partial charge >= 0.3 is 0 Å². The molecule has 0 heterocycles. The van der Waals surface area contributed by atoms with Gasteiger partial charge in [0.1, 0.15) is 0 Å². The standard InChI is InChI=1S/C17H24N4O2/c1-5-17(6-2,14-10-8-7-9-11-14)20-16(18-4)19-12-13(3)15(22)21-23/h7-12,23H,4-6H2,1-3H3,(H,19,20)(H,21,22)/b13-12+. The molecular weight excluding hydrogens is 292 g/mol. The first kappa shape index (κ1) is 18.6. The average molecular weight is 316 g/mol. The fraction of sp³-hybridized carbons (Fsp3) is 0.353. The molecule has 0 bridgehead atoms. The Kier molecular flexibility index (Phi) is 7.15. The molecule has 0 atom stereocenters. The Labute approximate surface area is 137 Å². The van der Waals surface area contributed by atoms with Crippen LogP contribution >= 0.6 is 0 Å². The summed E-state index contributed by atoms with van der Waals surface area (Å²) in [6.45, 7) is 9.23. The Balaban J connectivity index is 3.14. The Morgan fingerprint density at radius 3 is 2.39 bits per heavy atom. The monoisotopic (exact) mass is 316 g/mol. The van der Waals surface area contributed by atoms with E-state index in [1.807, 2.05) is 30.3 Å². The van der Waals surface area contributed by atoms with Crippen molar-refractivity contribution in [2.24, 2.45) is 9.98 Å². The van der Waals surface area contributed by atoms with Crippen molar-refractivity contribution in [2.45, 2.75) is 39.2 Å². The molecule has 0 unspecified atom stereocenters. The van der Waals surface area contributed by atoms with Gasteiger partial charge in [0, 0.05) is 11.8 Å². The first-order chi connectivity index (χ1) is 11.0. The van der Waals surface area contributed by atoms with Gasteiger partial charge < -0.3 is 5.32 Å². The first-order valence-electron chi connectivity index (χ1n) is 7.52. The Morgan fingerprint density at radius 1 is 1.30 bits per heavy atom. The zero-order valence-electron chi connectivity index (χ0n) is 13.8. The van der Waals surface area contributed by atoms with E-state index in [0.717, 1.165) is 18.4 Å². The molecule has 0 spiro atoms. The van der Waals surface area contributed by atoms with Crippen LogP contribution in [0, 0.1) is 0 Å². The van der Waals surface area contributed by atoms with E-state index in [2.05, 4.69) is 30.9 Å². The van der Waals surface area contributed by atoms with E-state index < -0.39 is 11.4 Å². The molecule has 1 aromatic rings. The second kappa shape index (κ2) is 8.85. The van der Waals surface area contributed by atoms with Gasteiger partial charge in [-0.3, -0.25) is 10.0 Å². The highest BCUT2D eigenvalue weighted by molar-refractivity contribution is 5.93. The van der Waals surface area contributed by atoms with Gasteiger partial charge in [-0.2, -0.15) is 0 Å². The second-order valence-corrected chi connectivity index (χ2v) is 5.11. The normalized spacial score (nSPS) is 12.7. The minimum absolute atomic E-state index is 0.294. The molecule has 1 rings (SSSR count). The minimum Gasteiger partial charge on any atom is -0.331 e. The van der Waals surface area contributed by atoms with Gasteiger partial charge in [0.2, 0.25) is 5.96 Å². The van der Waals surface area contributed by atoms with E-state index in [1.165, 1.54) is 6.20 Å². The predicted molar refractivity (Wildman–Crippen MR) is 92.5 cm³/mol. The number of hydrogen-bond acceptors (Lipinski definition) is 3. The van der Waals surface area contributed by atoms with E-state index in [9.17, 15) is 4.79 Å². The lowest BCUT2D eigenvalue weighted by Crippen LogP contribution is -2.28. The van der Waals surface area contributed by atoms with Crippen molar-refractivity contribution in [2.75, 3.05) is 0 Å². The van der Waals surface area contributed by atoms with Gasteiger partial charge in [-0.1, -0.05) is 44.2 Å². The number of nitrogens with zero attached hydrogens (tertiary/aromatic N) is 2. The lowest BCUT2D eigenvalue weighted by Gasteiger charge is -2.28. The zero-order valence-corrected chi connectivity index (χ0v) is 13.8. The van der Waals surface area contributed by atoms with Crippen LogP contribution in [-0.2, 0) is 10.3 Å². The topological polar surface area (TPSA) is 86.1 Å². The molecule has 0 radical (unpaired) electrons. The van der Waals surface area contributed by atoms with Gasteiger partial charge in [0.05, 0.1) is 5.54 Å². The average Bonchev–Trinajstić information content (AvgIpc) is 2.62. The molecule has 23 heavy (non-hydrogen) atoms. The summed E-state index contributed by atoms with van der Waals surface area (Å²) in [5.74, 6) is -0.274. The smallest absolute Gasteiger partial charge is 0.271 e. The lowest BCUT2D eigenvalue weighted by molar-refractivity contribution is -0.125. The highest BCUT2D eigenvalue weighted by atomic mass is 16.5. The molecule has 0 fully saturated rings. The molecule has 0 saturated carbocycles. The zero-order chi connectivity index (χ0) is 17.3. The summed E-state index contributed by atoms with van der Waals surface area (Å²) in [7, 11) is 0. The van der Waals surface area contributed by atoms with Crippen LogP contribution < -0.4 is 10.8 Å². The van der Waals surface area contributed by atoms with Crippen molar-refractivity contribution in [1.82, 2.24) is 10.8 Å². The molecule has 0 aromatic heterocycles. The fourth-order valence-electron chi connectivity index (χ4n) is 2.27. The molecule has 0 aliphatic carbocycles. The van der Waals surface area contributed by atoms with Gasteiger partial charge in [0.25, 0.3) is 5.91 Å². The lowest BCUT2D eigenvalue weighted by atomic mass is 9.85. The highest BCUT2D eigenvalue weighted by Gasteiger charge is 2.28. The molecule has 0 aliphatic rings. The second-order valence-electron chi connectivity index (χ2n) is 5.11. The van der Waals surface area contributed by atoms with Crippen LogP contribution in [0.1, 0.15) is 39.2 Å². The van der Waals surface area contributed by atoms with Crippen LogP contribution in [0.25, 0.3) is 0 Å². The number of benzene rings is 1. The minimum atomic E-state index is -0.596. The fourth-order valence-corrected chi connectivity index (χ4v) is 2.27. The van der Waals surface area contributed by atoms with Crippen molar-refractivity contribution in [1.29, 1.82) is 0 Å². The summed E-state index contributed by atoms with van der Waals surface area (Å²) < 4.78 is 0. The molecule has 6 nitrogen and oxygen atoms in total. The van der Waals surface area contributed by atoms with E-state index in [0.29, 0.717) is 11.5 Å². The SMILES string of the molecule is C=NC(=NC(CC)(CC)c1ccccc1)N/C=C(\C)C(=O)NO. The van der Waals surface area contributed by atoms with Crippen LogP contribution in [0.3, 0.4) is 0 Å². The third-order valence-electron chi connectivity index (χ3n) is 3.83. The maximum Gasteiger partial charge on any atom is 0.271 e. The number of amides is 1. The summed E-state index contributed by atoms with van der Waals surface area (Å²) in [6, 6.07) is 10.0. The largest absolute Gasteiger partial charge is 0.331 e. The summed E-state index contributed by atoms with van der Waals surface area (Å²) in [5, 5.41) is 11.5. The number of aliphatic imine (C=N–C) groups is 2. The van der Waals surface area contributed by atoms with Crippen LogP contribution in [0.5, 0.6) is 0 Å². The third kappa shape index (κ3) is 4.75. The Hall–Kier alpha value is -2.47. The van der Waals surface area contributed by atoms with Crippen molar-refractivity contribution in [3.63, 3.8) is 0 Å². The van der Waals surface area contributed by atoms with Crippen LogP contribution in [0.15, 0.2) is 52.1 Å². The van der Waals surface area contributed by atoms with Crippen molar-refractivity contribution < 1.29 is 10.0 Å². The van der Waals surface area contributed by atoms with Crippen molar-refractivity contribution >= 4 is 18.6 Å². The van der Waals surface area contributed by atoms with Gasteiger partial charge in [0.15, 0.2) is 0 Å². The van der Waals surface area contributed by atoms with Gasteiger partial charge in [-0.25, -0.2) is 15.5 Å². The summed E-state index contributed by atoms with van der Waals surface area (Å²) >= 11 is 0. The van der Waals surface area contributed by atoms with Gasteiger partial charge in [-0.15, -0.1) is 0 Å². The number of nitrogens with one attached hydrogen (secondary N) is 2. The molecule has 1 aromatic carbocycles. The van der Waals surface area contributed by atoms with Crippen LogP contribution in [0.4, 0.5) is 0 Å². The molecule has 0 aliphatic heterocycles. The number of carbonyl (C=O) groups is 1.